The van der Waals surface area contributed by atoms with Crippen LogP contribution in [-0.4, -0.2) is 11.0 Å². The van der Waals surface area contributed by atoms with Crippen LogP contribution in [0, 0.1) is 16.0 Å². The molecule has 0 aromatic heterocycles. The van der Waals surface area contributed by atoms with Gasteiger partial charge in [-0.1, -0.05) is 19.1 Å². The molecule has 0 spiro atoms. The minimum absolute atomic E-state index is 0.176. The maximum atomic E-state index is 12.8. The van der Waals surface area contributed by atoms with Gasteiger partial charge < -0.3 is 5.73 Å². The molecule has 2 N–H and O–H groups in total. The third-order valence-corrected chi connectivity index (χ3v) is 3.53. The molecular formula is C14H15F3N2O2. The molecule has 0 bridgehead atoms. The van der Waals surface area contributed by atoms with Crippen molar-refractivity contribution in [1.82, 2.24) is 0 Å². The van der Waals surface area contributed by atoms with E-state index in [1.165, 1.54) is 6.07 Å². The van der Waals surface area contributed by atoms with Gasteiger partial charge in [-0.25, -0.2) is 0 Å². The molecule has 2 unspecified atom stereocenters. The maximum absolute atomic E-state index is 12.8. The van der Waals surface area contributed by atoms with E-state index >= 15 is 0 Å². The number of halogens is 3. The molecule has 7 heteroatoms. The standard InChI is InChI=1S/C14H15F3N2O2/c1-8-4-10(6-11(18)5-8)9-2-3-12(14(15,16)17)13(7-9)19(20)21/h2-3,6-8,11H,4-5,18H2,1H3. The molecule has 1 aliphatic carbocycles. The lowest BCUT2D eigenvalue weighted by atomic mass is 9.84. The lowest BCUT2D eigenvalue weighted by Crippen LogP contribution is -2.24. The zero-order valence-corrected chi connectivity index (χ0v) is 11.4. The van der Waals surface area contributed by atoms with E-state index in [0.717, 1.165) is 24.1 Å². The quantitative estimate of drug-likeness (QED) is 0.668. The van der Waals surface area contributed by atoms with Crippen molar-refractivity contribution in [3.63, 3.8) is 0 Å². The van der Waals surface area contributed by atoms with E-state index in [1.807, 2.05) is 6.92 Å². The Hall–Kier alpha value is -1.89. The van der Waals surface area contributed by atoms with Crippen LogP contribution in [0.3, 0.4) is 0 Å². The first-order chi connectivity index (χ1) is 9.68. The second-order valence-corrected chi connectivity index (χ2v) is 5.39. The van der Waals surface area contributed by atoms with Gasteiger partial charge in [-0.15, -0.1) is 0 Å². The van der Waals surface area contributed by atoms with Crippen molar-refractivity contribution in [1.29, 1.82) is 0 Å². The Morgan fingerprint density at radius 2 is 2.05 bits per heavy atom. The fourth-order valence-corrected chi connectivity index (χ4v) is 2.65. The summed E-state index contributed by atoms with van der Waals surface area (Å²) in [6.07, 6.45) is -1.53. The van der Waals surface area contributed by atoms with Crippen LogP contribution in [0.25, 0.3) is 5.57 Å². The van der Waals surface area contributed by atoms with Gasteiger partial charge in [0.2, 0.25) is 0 Å². The maximum Gasteiger partial charge on any atom is 0.422 e. The van der Waals surface area contributed by atoms with Crippen molar-refractivity contribution < 1.29 is 18.1 Å². The molecule has 0 heterocycles. The van der Waals surface area contributed by atoms with Gasteiger partial charge in [0.1, 0.15) is 5.56 Å². The van der Waals surface area contributed by atoms with Crippen LogP contribution in [0.2, 0.25) is 0 Å². The van der Waals surface area contributed by atoms with Crippen LogP contribution in [0.5, 0.6) is 0 Å². The molecule has 0 amide bonds. The predicted molar refractivity (Wildman–Crippen MR) is 72.4 cm³/mol. The van der Waals surface area contributed by atoms with Gasteiger partial charge in [0.15, 0.2) is 0 Å². The minimum Gasteiger partial charge on any atom is -0.324 e. The molecule has 0 saturated heterocycles. The van der Waals surface area contributed by atoms with Gasteiger partial charge in [-0.3, -0.25) is 10.1 Å². The molecule has 0 fully saturated rings. The fraction of sp³-hybridized carbons (Fsp3) is 0.429. The normalized spacial score (nSPS) is 22.8. The van der Waals surface area contributed by atoms with Crippen LogP contribution in [0.1, 0.15) is 30.9 Å². The van der Waals surface area contributed by atoms with Gasteiger partial charge in [-0.2, -0.15) is 13.2 Å². The van der Waals surface area contributed by atoms with Gasteiger partial charge in [-0.05, 0) is 36.0 Å². The summed E-state index contributed by atoms with van der Waals surface area (Å²) >= 11 is 0. The smallest absolute Gasteiger partial charge is 0.324 e. The summed E-state index contributed by atoms with van der Waals surface area (Å²) in [6.45, 7) is 1.99. The summed E-state index contributed by atoms with van der Waals surface area (Å²) in [5.74, 6) is 0.293. The summed E-state index contributed by atoms with van der Waals surface area (Å²) in [5, 5.41) is 10.9. The summed E-state index contributed by atoms with van der Waals surface area (Å²) in [5.41, 5.74) is 4.89. The highest BCUT2D eigenvalue weighted by atomic mass is 19.4. The number of rotatable bonds is 2. The molecule has 0 saturated carbocycles. The van der Waals surface area contributed by atoms with Crippen LogP contribution < -0.4 is 5.73 Å². The van der Waals surface area contributed by atoms with Crippen molar-refractivity contribution >= 4 is 11.3 Å². The van der Waals surface area contributed by atoms with Gasteiger partial charge in [0.05, 0.1) is 4.92 Å². The molecular weight excluding hydrogens is 285 g/mol. The highest BCUT2D eigenvalue weighted by Gasteiger charge is 2.38. The van der Waals surface area contributed by atoms with E-state index in [1.54, 1.807) is 6.08 Å². The highest BCUT2D eigenvalue weighted by molar-refractivity contribution is 5.70. The van der Waals surface area contributed by atoms with Gasteiger partial charge in [0, 0.05) is 12.1 Å². The lowest BCUT2D eigenvalue weighted by Gasteiger charge is -2.24. The van der Waals surface area contributed by atoms with E-state index in [4.69, 9.17) is 5.73 Å². The molecule has 2 atom stereocenters. The number of hydrogen-bond acceptors (Lipinski definition) is 3. The van der Waals surface area contributed by atoms with Crippen molar-refractivity contribution in [3.8, 4) is 0 Å². The Morgan fingerprint density at radius 3 is 2.57 bits per heavy atom. The van der Waals surface area contributed by atoms with Crippen molar-refractivity contribution in [2.45, 2.75) is 32.0 Å². The van der Waals surface area contributed by atoms with Gasteiger partial charge >= 0.3 is 6.18 Å². The summed E-state index contributed by atoms with van der Waals surface area (Å²) < 4.78 is 38.3. The average Bonchev–Trinajstić information content (AvgIpc) is 2.35. The molecule has 114 valence electrons. The van der Waals surface area contributed by atoms with E-state index in [9.17, 15) is 23.3 Å². The third-order valence-electron chi connectivity index (χ3n) is 3.53. The second-order valence-electron chi connectivity index (χ2n) is 5.39. The average molecular weight is 300 g/mol. The molecule has 1 aromatic rings. The van der Waals surface area contributed by atoms with E-state index in [0.29, 0.717) is 17.9 Å². The number of nitrogens with two attached hydrogens (primary N) is 1. The molecule has 4 nitrogen and oxygen atoms in total. The first-order valence-corrected chi connectivity index (χ1v) is 6.50. The monoisotopic (exact) mass is 300 g/mol. The van der Waals surface area contributed by atoms with Crippen LogP contribution in [0.15, 0.2) is 24.3 Å². The Kier molecular flexibility index (Phi) is 4.04. The van der Waals surface area contributed by atoms with Crippen molar-refractivity contribution in [2.75, 3.05) is 0 Å². The minimum atomic E-state index is -4.74. The predicted octanol–water partition coefficient (Wildman–Crippen LogP) is 3.75. The van der Waals surface area contributed by atoms with Crippen LogP contribution >= 0.6 is 0 Å². The molecule has 0 aliphatic heterocycles. The lowest BCUT2D eigenvalue weighted by molar-refractivity contribution is -0.388. The molecule has 21 heavy (non-hydrogen) atoms. The topological polar surface area (TPSA) is 69.2 Å². The highest BCUT2D eigenvalue weighted by Crippen LogP contribution is 2.39. The van der Waals surface area contributed by atoms with Crippen LogP contribution in [0.4, 0.5) is 18.9 Å². The fourth-order valence-electron chi connectivity index (χ4n) is 2.65. The number of nitro benzene ring substituents is 1. The summed E-state index contributed by atoms with van der Waals surface area (Å²) in [7, 11) is 0. The zero-order chi connectivity index (χ0) is 15.8. The van der Waals surface area contributed by atoms with Crippen LogP contribution in [-0.2, 0) is 6.18 Å². The van der Waals surface area contributed by atoms with E-state index in [2.05, 4.69) is 0 Å². The van der Waals surface area contributed by atoms with Crippen molar-refractivity contribution in [3.05, 3.63) is 45.5 Å². The third kappa shape index (κ3) is 3.41. The Balaban J connectivity index is 2.48. The largest absolute Gasteiger partial charge is 0.422 e. The number of nitro groups is 1. The van der Waals surface area contributed by atoms with Crippen molar-refractivity contribution in [2.24, 2.45) is 11.7 Å². The Bertz CT molecular complexity index is 596. The van der Waals surface area contributed by atoms with Gasteiger partial charge in [0.25, 0.3) is 5.69 Å². The molecule has 0 radical (unpaired) electrons. The number of benzene rings is 1. The second kappa shape index (κ2) is 5.48. The molecule has 1 aliphatic rings. The van der Waals surface area contributed by atoms with E-state index in [-0.39, 0.29) is 6.04 Å². The van der Waals surface area contributed by atoms with E-state index < -0.39 is 22.4 Å². The number of allylic oxidation sites excluding steroid dienone is 1. The summed E-state index contributed by atoms with van der Waals surface area (Å²) in [6, 6.07) is 2.84. The first-order valence-electron chi connectivity index (χ1n) is 6.50. The Morgan fingerprint density at radius 1 is 1.38 bits per heavy atom. The molecule has 1 aromatic carbocycles. The zero-order valence-electron chi connectivity index (χ0n) is 11.4. The molecule has 2 rings (SSSR count). The SMILES string of the molecule is CC1CC(c2ccc(C(F)(F)F)c([N+](=O)[O-])c2)=CC(N)C1. The Labute approximate surface area is 119 Å². The number of alkyl halides is 3. The number of hydrogen-bond donors (Lipinski definition) is 1. The summed E-state index contributed by atoms with van der Waals surface area (Å²) in [4.78, 5) is 9.89. The number of nitrogens with zero attached hydrogens (tertiary/aromatic N) is 1. The first kappa shape index (κ1) is 15.5.